The number of aryl methyl sites for hydroxylation is 1. The average Bonchev–Trinajstić information content (AvgIpc) is 3.16. The second kappa shape index (κ2) is 8.43. The maximum absolute atomic E-state index is 9.71. The molecule has 5 N–H and O–H groups in total. The summed E-state index contributed by atoms with van der Waals surface area (Å²) in [6, 6.07) is 11.9. The molecule has 8 nitrogen and oxygen atoms in total. The third-order valence-electron chi connectivity index (χ3n) is 5.39. The molecule has 0 radical (unpaired) electrons. The van der Waals surface area contributed by atoms with Gasteiger partial charge in [-0.3, -0.25) is 4.68 Å². The van der Waals surface area contributed by atoms with Crippen molar-refractivity contribution in [1.29, 1.82) is 5.26 Å². The van der Waals surface area contributed by atoms with Gasteiger partial charge in [0.15, 0.2) is 0 Å². The van der Waals surface area contributed by atoms with Gasteiger partial charge in [-0.1, -0.05) is 12.1 Å². The fraction of sp³-hybridized carbons (Fsp3) is 0.318. The molecule has 0 aliphatic heterocycles. The minimum Gasteiger partial charge on any atom is -0.397 e. The molecule has 0 saturated heterocycles. The predicted octanol–water partition coefficient (Wildman–Crippen LogP) is 3.39. The number of rotatable bonds is 5. The lowest BCUT2D eigenvalue weighted by molar-refractivity contribution is 0.126. The molecule has 1 aliphatic rings. The predicted molar refractivity (Wildman–Crippen MR) is 117 cm³/mol. The van der Waals surface area contributed by atoms with Gasteiger partial charge >= 0.3 is 0 Å². The molecular formula is C22H25N7O. The molecule has 0 amide bonds. The van der Waals surface area contributed by atoms with Crippen LogP contribution >= 0.6 is 0 Å². The molecular weight excluding hydrogens is 378 g/mol. The van der Waals surface area contributed by atoms with Gasteiger partial charge in [-0.05, 0) is 43.4 Å². The van der Waals surface area contributed by atoms with Crippen LogP contribution in [0.4, 0.5) is 23.0 Å². The highest BCUT2D eigenvalue weighted by molar-refractivity contribution is 5.73. The third kappa shape index (κ3) is 4.36. The molecule has 4 rings (SSSR count). The summed E-state index contributed by atoms with van der Waals surface area (Å²) >= 11 is 0. The number of nitrogens with two attached hydrogens (primary N) is 1. The van der Waals surface area contributed by atoms with Crippen LogP contribution in [-0.2, 0) is 7.05 Å². The van der Waals surface area contributed by atoms with Crippen molar-refractivity contribution in [3.63, 3.8) is 0 Å². The van der Waals surface area contributed by atoms with E-state index in [1.165, 1.54) is 0 Å². The topological polar surface area (TPSA) is 125 Å². The highest BCUT2D eigenvalue weighted by Crippen LogP contribution is 2.29. The molecule has 1 aromatic carbocycles. The summed E-state index contributed by atoms with van der Waals surface area (Å²) in [6.45, 7) is 0. The first kappa shape index (κ1) is 19.7. The lowest BCUT2D eigenvalue weighted by Crippen LogP contribution is -2.29. The molecule has 2 heterocycles. The van der Waals surface area contributed by atoms with Crippen LogP contribution in [0, 0.1) is 11.3 Å². The summed E-state index contributed by atoms with van der Waals surface area (Å²) < 4.78 is 1.77. The van der Waals surface area contributed by atoms with Crippen LogP contribution in [0.25, 0.3) is 11.1 Å². The van der Waals surface area contributed by atoms with Crippen LogP contribution < -0.4 is 16.4 Å². The molecule has 1 aliphatic carbocycles. The number of benzene rings is 1. The van der Waals surface area contributed by atoms with E-state index in [4.69, 9.17) is 5.73 Å². The van der Waals surface area contributed by atoms with E-state index in [0.29, 0.717) is 22.9 Å². The van der Waals surface area contributed by atoms with Crippen molar-refractivity contribution < 1.29 is 5.11 Å². The number of nitrogens with one attached hydrogen (secondary N) is 2. The van der Waals surface area contributed by atoms with Gasteiger partial charge in [0.05, 0.1) is 18.0 Å². The van der Waals surface area contributed by atoms with E-state index in [-0.39, 0.29) is 12.1 Å². The van der Waals surface area contributed by atoms with Crippen molar-refractivity contribution in [2.45, 2.75) is 37.8 Å². The molecule has 0 spiro atoms. The Morgan fingerprint density at radius 3 is 2.53 bits per heavy atom. The zero-order chi connectivity index (χ0) is 21.1. The van der Waals surface area contributed by atoms with Crippen molar-refractivity contribution in [2.75, 3.05) is 16.4 Å². The summed E-state index contributed by atoms with van der Waals surface area (Å²) in [6.07, 6.45) is 6.72. The van der Waals surface area contributed by atoms with E-state index in [2.05, 4.69) is 26.8 Å². The number of anilines is 4. The van der Waals surface area contributed by atoms with Gasteiger partial charge in [-0.2, -0.15) is 10.4 Å². The average molecular weight is 403 g/mol. The van der Waals surface area contributed by atoms with Crippen molar-refractivity contribution in [3.05, 3.63) is 48.3 Å². The second-order valence-electron chi connectivity index (χ2n) is 7.69. The van der Waals surface area contributed by atoms with Crippen LogP contribution in [0.15, 0.2) is 42.7 Å². The first-order valence-electron chi connectivity index (χ1n) is 10.0. The van der Waals surface area contributed by atoms with E-state index in [9.17, 15) is 10.4 Å². The fourth-order valence-electron chi connectivity index (χ4n) is 3.73. The van der Waals surface area contributed by atoms with Crippen molar-refractivity contribution >= 4 is 23.0 Å². The highest BCUT2D eigenvalue weighted by Gasteiger charge is 2.21. The SMILES string of the molecule is Cn1cc(-c2ccc(Nc3cc(N)c(C#N)c(NC4CCC(O)CC4)n3)cc2)cn1. The normalized spacial score (nSPS) is 18.6. The summed E-state index contributed by atoms with van der Waals surface area (Å²) in [4.78, 5) is 4.60. The van der Waals surface area contributed by atoms with Gasteiger partial charge in [-0.25, -0.2) is 4.98 Å². The maximum Gasteiger partial charge on any atom is 0.148 e. The highest BCUT2D eigenvalue weighted by atomic mass is 16.3. The van der Waals surface area contributed by atoms with Gasteiger partial charge in [0.1, 0.15) is 23.3 Å². The Labute approximate surface area is 175 Å². The van der Waals surface area contributed by atoms with Gasteiger partial charge in [0, 0.05) is 36.6 Å². The molecule has 154 valence electrons. The number of aromatic nitrogens is 3. The van der Waals surface area contributed by atoms with Crippen molar-refractivity contribution in [1.82, 2.24) is 14.8 Å². The van der Waals surface area contributed by atoms with Gasteiger partial charge in [0.25, 0.3) is 0 Å². The lowest BCUT2D eigenvalue weighted by Gasteiger charge is -2.27. The first-order chi connectivity index (χ1) is 14.5. The van der Waals surface area contributed by atoms with E-state index in [1.807, 2.05) is 43.7 Å². The molecule has 0 unspecified atom stereocenters. The minimum absolute atomic E-state index is 0.168. The Hall–Kier alpha value is -3.57. The lowest BCUT2D eigenvalue weighted by atomic mass is 9.93. The zero-order valence-corrected chi connectivity index (χ0v) is 16.8. The molecule has 3 aromatic rings. The van der Waals surface area contributed by atoms with Crippen LogP contribution in [0.5, 0.6) is 0 Å². The first-order valence-corrected chi connectivity index (χ1v) is 10.0. The number of pyridine rings is 1. The standard InChI is InChI=1S/C22H25N7O/c1-29-13-15(12-25-29)14-2-4-16(5-3-14)26-21-10-20(24)19(11-23)22(28-21)27-17-6-8-18(30)9-7-17/h2-5,10,12-13,17-18,30H,6-9H2,1H3,(H4,24,26,27,28). The maximum atomic E-state index is 9.71. The summed E-state index contributed by atoms with van der Waals surface area (Å²) in [5.41, 5.74) is 9.83. The van der Waals surface area contributed by atoms with Gasteiger partial charge in [0.2, 0.25) is 0 Å². The quantitative estimate of drug-likeness (QED) is 0.514. The van der Waals surface area contributed by atoms with Crippen molar-refractivity contribution in [3.8, 4) is 17.2 Å². The number of aliphatic hydroxyl groups is 1. The fourth-order valence-corrected chi connectivity index (χ4v) is 3.73. The van der Waals surface area contributed by atoms with Crippen LogP contribution in [0.3, 0.4) is 0 Å². The number of aliphatic hydroxyl groups excluding tert-OH is 1. The zero-order valence-electron chi connectivity index (χ0n) is 16.8. The Morgan fingerprint density at radius 2 is 1.90 bits per heavy atom. The van der Waals surface area contributed by atoms with Gasteiger partial charge in [-0.15, -0.1) is 0 Å². The number of hydrogen-bond donors (Lipinski definition) is 4. The summed E-state index contributed by atoms with van der Waals surface area (Å²) in [5, 5.41) is 30.0. The monoisotopic (exact) mass is 403 g/mol. The Kier molecular flexibility index (Phi) is 5.55. The number of nitrogens with zero attached hydrogens (tertiary/aromatic N) is 4. The number of hydrogen-bond acceptors (Lipinski definition) is 7. The summed E-state index contributed by atoms with van der Waals surface area (Å²) in [7, 11) is 1.89. The number of nitriles is 1. The Morgan fingerprint density at radius 1 is 1.17 bits per heavy atom. The number of nitrogen functional groups attached to an aromatic ring is 1. The summed E-state index contributed by atoms with van der Waals surface area (Å²) in [5.74, 6) is 1.05. The van der Waals surface area contributed by atoms with Gasteiger partial charge < -0.3 is 21.5 Å². The molecule has 2 aromatic heterocycles. The van der Waals surface area contributed by atoms with Crippen LogP contribution in [0.1, 0.15) is 31.2 Å². The Bertz CT molecular complexity index is 1060. The molecule has 30 heavy (non-hydrogen) atoms. The van der Waals surface area contributed by atoms with E-state index >= 15 is 0 Å². The largest absolute Gasteiger partial charge is 0.397 e. The van der Waals surface area contributed by atoms with Crippen LogP contribution in [0.2, 0.25) is 0 Å². The molecule has 1 fully saturated rings. The Balaban J connectivity index is 1.52. The van der Waals surface area contributed by atoms with Crippen molar-refractivity contribution in [2.24, 2.45) is 7.05 Å². The molecule has 8 heteroatoms. The smallest absolute Gasteiger partial charge is 0.148 e. The molecule has 0 atom stereocenters. The van der Waals surface area contributed by atoms with E-state index in [1.54, 1.807) is 10.7 Å². The van der Waals surface area contributed by atoms with E-state index in [0.717, 1.165) is 42.5 Å². The second-order valence-corrected chi connectivity index (χ2v) is 7.69. The van der Waals surface area contributed by atoms with Crippen LogP contribution in [-0.4, -0.2) is 32.0 Å². The molecule has 1 saturated carbocycles. The third-order valence-corrected chi connectivity index (χ3v) is 5.39. The van der Waals surface area contributed by atoms with E-state index < -0.39 is 0 Å². The molecule has 0 bridgehead atoms. The minimum atomic E-state index is -0.237.